The normalized spacial score (nSPS) is 11.8. The van der Waals surface area contributed by atoms with E-state index in [1.165, 1.54) is 23.7 Å². The Kier molecular flexibility index (Phi) is 5.15. The van der Waals surface area contributed by atoms with Gasteiger partial charge in [-0.15, -0.1) is 0 Å². The zero-order valence-corrected chi connectivity index (χ0v) is 19.4. The summed E-state index contributed by atoms with van der Waals surface area (Å²) in [5.41, 5.74) is 1.39. The van der Waals surface area contributed by atoms with Crippen molar-refractivity contribution in [3.63, 3.8) is 0 Å². The van der Waals surface area contributed by atoms with Crippen LogP contribution in [0.3, 0.4) is 0 Å². The number of pyridine rings is 1. The predicted molar refractivity (Wildman–Crippen MR) is 127 cm³/mol. The molecule has 0 N–H and O–H groups in total. The smallest absolute Gasteiger partial charge is 0.332 e. The summed E-state index contributed by atoms with van der Waals surface area (Å²) in [4.78, 5) is 35.1. The third-order valence-corrected chi connectivity index (χ3v) is 5.92. The largest absolute Gasteiger partial charge is 0.333 e. The first-order valence-electron chi connectivity index (χ1n) is 11.0. The minimum absolute atomic E-state index is 0.160. The van der Waals surface area contributed by atoms with Crippen molar-refractivity contribution in [2.45, 2.75) is 26.9 Å². The van der Waals surface area contributed by atoms with E-state index >= 15 is 0 Å². The molecule has 0 aliphatic rings. The van der Waals surface area contributed by atoms with Crippen molar-refractivity contribution in [2.24, 2.45) is 20.0 Å². The highest BCUT2D eigenvalue weighted by Crippen LogP contribution is 2.27. The highest BCUT2D eigenvalue weighted by Gasteiger charge is 2.25. The zero-order valence-electron chi connectivity index (χ0n) is 19.4. The van der Waals surface area contributed by atoms with Crippen LogP contribution in [0.4, 0.5) is 4.39 Å². The Hall–Kier alpha value is -4.08. The molecule has 1 aromatic carbocycles. The molecule has 4 heterocycles. The summed E-state index contributed by atoms with van der Waals surface area (Å²) in [6.07, 6.45) is 5.08. The van der Waals surface area contributed by atoms with E-state index in [0.717, 1.165) is 10.1 Å². The van der Waals surface area contributed by atoms with Gasteiger partial charge in [0.05, 0.1) is 12.1 Å². The molecule has 9 nitrogen and oxygen atoms in total. The Balaban J connectivity index is 1.85. The SMILES string of the molecule is CC(C)Cn1c(=O)n(C)c(=O)c2c(-c3nccn3C)n(Cc3ccnc4ccc(F)cc34)nc21. The maximum atomic E-state index is 14.0. The van der Waals surface area contributed by atoms with Crippen LogP contribution < -0.4 is 11.2 Å². The molecule has 0 spiro atoms. The number of aromatic nitrogens is 7. The van der Waals surface area contributed by atoms with E-state index in [1.807, 2.05) is 20.9 Å². The fraction of sp³-hybridized carbons (Fsp3) is 0.292. The summed E-state index contributed by atoms with van der Waals surface area (Å²) in [6.45, 7) is 4.64. The first-order chi connectivity index (χ1) is 16.3. The molecule has 34 heavy (non-hydrogen) atoms. The molecule has 5 rings (SSSR count). The Morgan fingerprint density at radius 1 is 1.06 bits per heavy atom. The van der Waals surface area contributed by atoms with Crippen LogP contribution in [0.5, 0.6) is 0 Å². The van der Waals surface area contributed by atoms with Gasteiger partial charge in [-0.05, 0) is 35.7 Å². The molecule has 0 amide bonds. The van der Waals surface area contributed by atoms with E-state index in [2.05, 4.69) is 9.97 Å². The van der Waals surface area contributed by atoms with Gasteiger partial charge >= 0.3 is 5.69 Å². The van der Waals surface area contributed by atoms with Gasteiger partial charge in [0.2, 0.25) is 0 Å². The van der Waals surface area contributed by atoms with Crippen molar-refractivity contribution in [2.75, 3.05) is 0 Å². The van der Waals surface area contributed by atoms with Gasteiger partial charge < -0.3 is 4.57 Å². The Bertz CT molecular complexity index is 1670. The summed E-state index contributed by atoms with van der Waals surface area (Å²) >= 11 is 0. The quantitative estimate of drug-likeness (QED) is 0.401. The standard InChI is InChI=1S/C24H24FN7O2/c1-14(2)12-31-21-19(23(33)30(4)24(31)34)20(22-27-9-10-29(22)3)32(28-21)13-15-7-8-26-18-6-5-16(25)11-17(15)18/h5-11,14H,12-13H2,1-4H3. The van der Waals surface area contributed by atoms with Crippen LogP contribution in [-0.4, -0.2) is 33.4 Å². The summed E-state index contributed by atoms with van der Waals surface area (Å²) < 4.78 is 20.2. The summed E-state index contributed by atoms with van der Waals surface area (Å²) in [7, 11) is 3.30. The number of imidazole rings is 1. The Morgan fingerprint density at radius 3 is 2.56 bits per heavy atom. The van der Waals surface area contributed by atoms with E-state index in [1.54, 1.807) is 40.0 Å². The lowest BCUT2D eigenvalue weighted by Crippen LogP contribution is -2.38. The minimum atomic E-state index is -0.435. The van der Waals surface area contributed by atoms with Crippen LogP contribution in [0.15, 0.2) is 52.4 Å². The van der Waals surface area contributed by atoms with Gasteiger partial charge in [-0.1, -0.05) is 13.8 Å². The maximum Gasteiger partial charge on any atom is 0.332 e. The van der Waals surface area contributed by atoms with Crippen molar-refractivity contribution in [3.8, 4) is 11.5 Å². The first-order valence-corrected chi connectivity index (χ1v) is 11.0. The van der Waals surface area contributed by atoms with Gasteiger partial charge in [-0.25, -0.2) is 14.2 Å². The molecule has 4 aromatic heterocycles. The van der Waals surface area contributed by atoms with E-state index in [9.17, 15) is 14.0 Å². The Morgan fingerprint density at radius 2 is 1.85 bits per heavy atom. The molecule has 0 atom stereocenters. The van der Waals surface area contributed by atoms with Gasteiger partial charge in [-0.2, -0.15) is 5.10 Å². The molecule has 0 unspecified atom stereocenters. The molecule has 0 aliphatic heterocycles. The lowest BCUT2D eigenvalue weighted by Gasteiger charge is -2.11. The van der Waals surface area contributed by atoms with E-state index < -0.39 is 11.2 Å². The molecule has 5 aromatic rings. The van der Waals surface area contributed by atoms with Crippen molar-refractivity contribution in [1.29, 1.82) is 0 Å². The predicted octanol–water partition coefficient (Wildman–Crippen LogP) is 2.69. The first kappa shape index (κ1) is 21.7. The van der Waals surface area contributed by atoms with Crippen LogP contribution in [0.1, 0.15) is 19.4 Å². The fourth-order valence-electron chi connectivity index (χ4n) is 4.30. The second-order valence-electron chi connectivity index (χ2n) is 8.85. The Labute approximate surface area is 193 Å². The van der Waals surface area contributed by atoms with E-state index in [-0.39, 0.29) is 18.3 Å². The number of nitrogens with zero attached hydrogens (tertiary/aromatic N) is 7. The van der Waals surface area contributed by atoms with Gasteiger partial charge in [0.25, 0.3) is 5.56 Å². The second-order valence-corrected chi connectivity index (χ2v) is 8.85. The van der Waals surface area contributed by atoms with Gasteiger partial charge in [-0.3, -0.25) is 23.6 Å². The van der Waals surface area contributed by atoms with Gasteiger partial charge in [0.15, 0.2) is 11.5 Å². The molecule has 174 valence electrons. The highest BCUT2D eigenvalue weighted by atomic mass is 19.1. The number of hydrogen-bond acceptors (Lipinski definition) is 5. The topological polar surface area (TPSA) is 92.5 Å². The third kappa shape index (κ3) is 3.42. The molecular weight excluding hydrogens is 437 g/mol. The average Bonchev–Trinajstić information content (AvgIpc) is 3.38. The number of aryl methyl sites for hydroxylation is 1. The summed E-state index contributed by atoms with van der Waals surface area (Å²) in [5.74, 6) is 0.336. The number of halogens is 1. The molecule has 10 heteroatoms. The monoisotopic (exact) mass is 461 g/mol. The number of hydrogen-bond donors (Lipinski definition) is 0. The van der Waals surface area contributed by atoms with Crippen molar-refractivity contribution >= 4 is 21.9 Å². The molecule has 0 saturated carbocycles. The average molecular weight is 462 g/mol. The molecule has 0 radical (unpaired) electrons. The second kappa shape index (κ2) is 8.05. The van der Waals surface area contributed by atoms with Crippen LogP contribution >= 0.6 is 0 Å². The number of rotatable bonds is 5. The fourth-order valence-corrected chi connectivity index (χ4v) is 4.30. The minimum Gasteiger partial charge on any atom is -0.333 e. The zero-order chi connectivity index (χ0) is 24.1. The molecule has 0 aliphatic carbocycles. The van der Waals surface area contributed by atoms with Crippen molar-refractivity contribution in [1.82, 2.24) is 33.4 Å². The van der Waals surface area contributed by atoms with Gasteiger partial charge in [0.1, 0.15) is 16.9 Å². The van der Waals surface area contributed by atoms with Crippen molar-refractivity contribution in [3.05, 3.63) is 75.1 Å². The van der Waals surface area contributed by atoms with E-state index in [4.69, 9.17) is 5.10 Å². The number of fused-ring (bicyclic) bond motifs is 2. The molecular formula is C24H24FN7O2. The molecule has 0 bridgehead atoms. The lowest BCUT2D eigenvalue weighted by atomic mass is 10.1. The van der Waals surface area contributed by atoms with Crippen LogP contribution in [-0.2, 0) is 27.2 Å². The molecule has 0 saturated heterocycles. The van der Waals surface area contributed by atoms with Crippen LogP contribution in [0.25, 0.3) is 33.5 Å². The molecule has 0 fully saturated rings. The van der Waals surface area contributed by atoms with Crippen LogP contribution in [0, 0.1) is 11.7 Å². The number of benzene rings is 1. The van der Waals surface area contributed by atoms with Crippen LogP contribution in [0.2, 0.25) is 0 Å². The lowest BCUT2D eigenvalue weighted by molar-refractivity contribution is 0.498. The highest BCUT2D eigenvalue weighted by molar-refractivity contribution is 5.89. The van der Waals surface area contributed by atoms with Gasteiger partial charge in [0, 0.05) is 44.6 Å². The van der Waals surface area contributed by atoms with Crippen molar-refractivity contribution < 1.29 is 4.39 Å². The summed E-state index contributed by atoms with van der Waals surface area (Å²) in [5, 5.41) is 5.72. The maximum absolute atomic E-state index is 14.0. The van der Waals surface area contributed by atoms with E-state index in [0.29, 0.717) is 40.0 Å². The third-order valence-electron chi connectivity index (χ3n) is 5.92. The summed E-state index contributed by atoms with van der Waals surface area (Å²) in [6, 6.07) is 6.24.